The van der Waals surface area contributed by atoms with Gasteiger partial charge < -0.3 is 18.9 Å². The molecule has 0 aliphatic carbocycles. The van der Waals surface area contributed by atoms with Crippen LogP contribution in [0, 0.1) is 12.3 Å². The minimum absolute atomic E-state index is 0.0488. The zero-order chi connectivity index (χ0) is 15.6. The standard InChI is InChI=1S/C13H22BO5P/c1-6-13(8-17-9(2)3)11(7-12(14)18-13)19-20(15,16)10(4)5/h1,9-12H,7-8H2,2-5H3,(H,15,16)/t11-,12+,13+/m0/s1. The highest BCUT2D eigenvalue weighted by Gasteiger charge is 2.50. The lowest BCUT2D eigenvalue weighted by Crippen LogP contribution is -2.44. The summed E-state index contributed by atoms with van der Waals surface area (Å²) in [5, 5.41) is 0. The molecule has 1 aliphatic rings. The average Bonchev–Trinajstić information content (AvgIpc) is 2.62. The molecular weight excluding hydrogens is 278 g/mol. The van der Waals surface area contributed by atoms with Crippen molar-refractivity contribution in [1.29, 1.82) is 0 Å². The predicted octanol–water partition coefficient (Wildman–Crippen LogP) is 1.68. The van der Waals surface area contributed by atoms with Crippen LogP contribution in [0.3, 0.4) is 0 Å². The van der Waals surface area contributed by atoms with E-state index in [0.29, 0.717) is 0 Å². The summed E-state index contributed by atoms with van der Waals surface area (Å²) >= 11 is 0. The van der Waals surface area contributed by atoms with Crippen LogP contribution in [0.4, 0.5) is 0 Å². The van der Waals surface area contributed by atoms with E-state index in [1.807, 2.05) is 13.8 Å². The number of hydrogen-bond acceptors (Lipinski definition) is 4. The van der Waals surface area contributed by atoms with Crippen molar-refractivity contribution < 1.29 is 23.5 Å². The number of terminal acetylenes is 1. The normalized spacial score (nSPS) is 33.3. The summed E-state index contributed by atoms with van der Waals surface area (Å²) in [5.74, 6) is 2.49. The molecular formula is C13H22BO5P. The molecule has 0 amide bonds. The number of ether oxygens (including phenoxy) is 2. The Labute approximate surface area is 122 Å². The molecule has 112 valence electrons. The second-order valence-electron chi connectivity index (χ2n) is 5.54. The Hall–Kier alpha value is -0.305. The highest BCUT2D eigenvalue weighted by atomic mass is 31.2. The zero-order valence-electron chi connectivity index (χ0n) is 12.4. The second kappa shape index (κ2) is 6.64. The van der Waals surface area contributed by atoms with Gasteiger partial charge in [0.05, 0.1) is 18.4 Å². The van der Waals surface area contributed by atoms with E-state index in [-0.39, 0.29) is 19.1 Å². The van der Waals surface area contributed by atoms with E-state index >= 15 is 0 Å². The lowest BCUT2D eigenvalue weighted by Gasteiger charge is -2.31. The van der Waals surface area contributed by atoms with Gasteiger partial charge in [-0.2, -0.15) is 0 Å². The molecule has 5 nitrogen and oxygen atoms in total. The van der Waals surface area contributed by atoms with Gasteiger partial charge in [-0.1, -0.05) is 19.8 Å². The maximum absolute atomic E-state index is 12.0. The van der Waals surface area contributed by atoms with E-state index in [1.165, 1.54) is 0 Å². The van der Waals surface area contributed by atoms with Gasteiger partial charge in [-0.25, -0.2) is 0 Å². The fourth-order valence-corrected chi connectivity index (χ4v) is 2.68. The van der Waals surface area contributed by atoms with Gasteiger partial charge in [0.25, 0.3) is 0 Å². The van der Waals surface area contributed by atoms with E-state index in [0.717, 1.165) is 0 Å². The molecule has 0 bridgehead atoms. The van der Waals surface area contributed by atoms with Crippen LogP contribution >= 0.6 is 7.60 Å². The van der Waals surface area contributed by atoms with Crippen LogP contribution in [-0.4, -0.2) is 48.8 Å². The quantitative estimate of drug-likeness (QED) is 0.459. The summed E-state index contributed by atoms with van der Waals surface area (Å²) < 4.78 is 28.4. The third-order valence-electron chi connectivity index (χ3n) is 3.13. The van der Waals surface area contributed by atoms with Crippen LogP contribution < -0.4 is 0 Å². The summed E-state index contributed by atoms with van der Waals surface area (Å²) in [6, 6.07) is -0.640. The molecule has 0 spiro atoms. The fraction of sp³-hybridized carbons (Fsp3) is 0.846. The molecule has 1 heterocycles. The molecule has 0 aromatic carbocycles. The molecule has 0 saturated carbocycles. The molecule has 4 atom stereocenters. The Morgan fingerprint density at radius 1 is 1.55 bits per heavy atom. The van der Waals surface area contributed by atoms with Gasteiger partial charge in [-0.15, -0.1) is 6.42 Å². The zero-order valence-corrected chi connectivity index (χ0v) is 13.3. The monoisotopic (exact) mass is 300 g/mol. The molecule has 1 N–H and O–H groups in total. The van der Waals surface area contributed by atoms with E-state index in [2.05, 4.69) is 5.92 Å². The Balaban J connectivity index is 2.91. The summed E-state index contributed by atoms with van der Waals surface area (Å²) in [6.07, 6.45) is 4.98. The SMILES string of the molecule is [B][C@H]1C[C@H](OP(=O)(O)C(C)C)[C@@](C#C)(COC(C)C)O1. The van der Waals surface area contributed by atoms with Crippen LogP contribution in [0.2, 0.25) is 0 Å². The van der Waals surface area contributed by atoms with Crippen molar-refractivity contribution in [2.45, 2.75) is 63.6 Å². The van der Waals surface area contributed by atoms with Gasteiger partial charge in [0, 0.05) is 6.00 Å². The fourth-order valence-electron chi connectivity index (χ4n) is 1.81. The molecule has 0 aromatic heterocycles. The van der Waals surface area contributed by atoms with Crippen molar-refractivity contribution in [2.75, 3.05) is 6.61 Å². The van der Waals surface area contributed by atoms with Gasteiger partial charge in [0.15, 0.2) is 5.60 Å². The molecule has 1 aliphatic heterocycles. The van der Waals surface area contributed by atoms with E-state index < -0.39 is 31.0 Å². The van der Waals surface area contributed by atoms with Gasteiger partial charge in [0.1, 0.15) is 14.0 Å². The minimum atomic E-state index is -3.77. The van der Waals surface area contributed by atoms with Gasteiger partial charge in [-0.3, -0.25) is 4.57 Å². The summed E-state index contributed by atoms with van der Waals surface area (Å²) in [6.45, 7) is 7.01. The van der Waals surface area contributed by atoms with Crippen molar-refractivity contribution in [3.63, 3.8) is 0 Å². The molecule has 20 heavy (non-hydrogen) atoms. The molecule has 1 rings (SSSR count). The first-order valence-corrected chi connectivity index (χ1v) is 8.31. The largest absolute Gasteiger partial charge is 0.375 e. The van der Waals surface area contributed by atoms with E-state index in [4.69, 9.17) is 28.3 Å². The molecule has 1 unspecified atom stereocenters. The minimum Gasteiger partial charge on any atom is -0.375 e. The average molecular weight is 300 g/mol. The summed E-state index contributed by atoms with van der Waals surface area (Å²) in [4.78, 5) is 9.87. The van der Waals surface area contributed by atoms with Crippen molar-refractivity contribution in [2.24, 2.45) is 0 Å². The Kier molecular flexibility index (Phi) is 5.89. The molecule has 0 aromatic rings. The second-order valence-corrected chi connectivity index (χ2v) is 7.91. The first-order chi connectivity index (χ1) is 9.13. The van der Waals surface area contributed by atoms with Gasteiger partial charge in [0.2, 0.25) is 0 Å². The van der Waals surface area contributed by atoms with Crippen molar-refractivity contribution in [1.82, 2.24) is 0 Å². The topological polar surface area (TPSA) is 65.0 Å². The van der Waals surface area contributed by atoms with Crippen molar-refractivity contribution in [3.8, 4) is 12.3 Å². The summed E-state index contributed by atoms with van der Waals surface area (Å²) in [7, 11) is 1.99. The maximum Gasteiger partial charge on any atom is 0.331 e. The third-order valence-corrected chi connectivity index (χ3v) is 5.00. The van der Waals surface area contributed by atoms with Gasteiger partial charge >= 0.3 is 7.60 Å². The highest BCUT2D eigenvalue weighted by molar-refractivity contribution is 7.53. The highest BCUT2D eigenvalue weighted by Crippen LogP contribution is 2.51. The van der Waals surface area contributed by atoms with E-state index in [9.17, 15) is 9.46 Å². The Morgan fingerprint density at radius 3 is 2.60 bits per heavy atom. The molecule has 1 saturated heterocycles. The number of hydrogen-bond donors (Lipinski definition) is 1. The van der Waals surface area contributed by atoms with Gasteiger partial charge in [-0.05, 0) is 20.3 Å². The lowest BCUT2D eigenvalue weighted by molar-refractivity contribution is -0.0846. The smallest absolute Gasteiger partial charge is 0.331 e. The molecule has 7 heteroatoms. The van der Waals surface area contributed by atoms with Crippen molar-refractivity contribution >= 4 is 15.4 Å². The Morgan fingerprint density at radius 2 is 2.15 bits per heavy atom. The third kappa shape index (κ3) is 4.10. The van der Waals surface area contributed by atoms with Crippen LogP contribution in [0.15, 0.2) is 0 Å². The van der Waals surface area contributed by atoms with Crippen LogP contribution in [0.1, 0.15) is 34.1 Å². The maximum atomic E-state index is 12.0. The van der Waals surface area contributed by atoms with Crippen LogP contribution in [0.5, 0.6) is 0 Å². The molecule has 2 radical (unpaired) electrons. The first kappa shape index (κ1) is 17.7. The summed E-state index contributed by atoms with van der Waals surface area (Å²) in [5.41, 5.74) is -1.75. The van der Waals surface area contributed by atoms with Crippen molar-refractivity contribution in [3.05, 3.63) is 0 Å². The predicted molar refractivity (Wildman–Crippen MR) is 77.7 cm³/mol. The van der Waals surface area contributed by atoms with E-state index in [1.54, 1.807) is 13.8 Å². The Bertz CT molecular complexity index is 419. The lowest BCUT2D eigenvalue weighted by atomic mass is 9.93. The first-order valence-electron chi connectivity index (χ1n) is 6.66. The molecule has 1 fully saturated rings. The van der Waals surface area contributed by atoms with Crippen LogP contribution in [0.25, 0.3) is 0 Å². The van der Waals surface area contributed by atoms with Crippen LogP contribution in [-0.2, 0) is 18.6 Å². The number of rotatable bonds is 6.